The molecule has 132 valence electrons. The van der Waals surface area contributed by atoms with Crippen LogP contribution in [0.3, 0.4) is 0 Å². The van der Waals surface area contributed by atoms with E-state index >= 15 is 0 Å². The molecule has 3 rings (SSSR count). The number of nitrogens with two attached hydrogens (primary N) is 1. The predicted octanol–water partition coefficient (Wildman–Crippen LogP) is 4.79. The van der Waals surface area contributed by atoms with Gasteiger partial charge in [-0.2, -0.15) is 0 Å². The van der Waals surface area contributed by atoms with Gasteiger partial charge >= 0.3 is 0 Å². The summed E-state index contributed by atoms with van der Waals surface area (Å²) >= 11 is 6.41. The number of halogens is 1. The van der Waals surface area contributed by atoms with E-state index in [2.05, 4.69) is 11.1 Å². The summed E-state index contributed by atoms with van der Waals surface area (Å²) in [4.78, 5) is 3.50. The summed E-state index contributed by atoms with van der Waals surface area (Å²) in [5.74, 6) is 1.51. The van der Waals surface area contributed by atoms with Gasteiger partial charge in [-0.1, -0.05) is 23.7 Å². The standard InChI is InChI=1S/C20H23ClN2O2/c1-24-14-10-13(11-15(12-14)25-2)19-16(6-3-4-9-22)17-7-5-8-18(21)20(17)23-19/h5,7-8,10-12,23H,3-4,6,9,22H2,1-2H3. The second-order valence-corrected chi connectivity index (χ2v) is 6.40. The Balaban J connectivity index is 2.17. The second kappa shape index (κ2) is 7.81. The van der Waals surface area contributed by atoms with Crippen molar-refractivity contribution in [2.24, 2.45) is 5.73 Å². The number of fused-ring (bicyclic) bond motifs is 1. The molecule has 2 aromatic carbocycles. The Morgan fingerprint density at radius 2 is 1.76 bits per heavy atom. The molecule has 3 N–H and O–H groups in total. The number of methoxy groups -OCH3 is 2. The molecule has 0 saturated heterocycles. The highest BCUT2D eigenvalue weighted by Gasteiger charge is 2.16. The van der Waals surface area contributed by atoms with Gasteiger partial charge in [-0.3, -0.25) is 0 Å². The van der Waals surface area contributed by atoms with Crippen LogP contribution in [0, 0.1) is 0 Å². The number of benzene rings is 2. The van der Waals surface area contributed by atoms with E-state index in [0.29, 0.717) is 6.54 Å². The summed E-state index contributed by atoms with van der Waals surface area (Å²) in [7, 11) is 3.31. The molecular formula is C20H23ClN2O2. The third-order valence-corrected chi connectivity index (χ3v) is 4.73. The molecule has 0 bridgehead atoms. The number of nitrogens with one attached hydrogen (secondary N) is 1. The molecule has 0 amide bonds. The maximum absolute atomic E-state index is 6.41. The Morgan fingerprint density at radius 1 is 1.04 bits per heavy atom. The molecule has 5 heteroatoms. The molecule has 0 unspecified atom stereocenters. The number of ether oxygens (including phenoxy) is 2. The van der Waals surface area contributed by atoms with E-state index in [-0.39, 0.29) is 0 Å². The van der Waals surface area contributed by atoms with Crippen LogP contribution in [-0.4, -0.2) is 25.7 Å². The van der Waals surface area contributed by atoms with Gasteiger partial charge in [-0.15, -0.1) is 0 Å². The number of hydrogen-bond donors (Lipinski definition) is 2. The van der Waals surface area contributed by atoms with Gasteiger partial charge in [0.1, 0.15) is 11.5 Å². The number of unbranched alkanes of at least 4 members (excludes halogenated alkanes) is 1. The number of H-pyrrole nitrogens is 1. The highest BCUT2D eigenvalue weighted by atomic mass is 35.5. The van der Waals surface area contributed by atoms with Crippen molar-refractivity contribution in [1.82, 2.24) is 4.98 Å². The Kier molecular flexibility index (Phi) is 5.51. The summed E-state index contributed by atoms with van der Waals surface area (Å²) in [6.07, 6.45) is 2.96. The fourth-order valence-electron chi connectivity index (χ4n) is 3.14. The SMILES string of the molecule is COc1cc(OC)cc(-c2[nH]c3c(Cl)cccc3c2CCCCN)c1. The van der Waals surface area contributed by atoms with Gasteiger partial charge in [0.2, 0.25) is 0 Å². The minimum absolute atomic E-state index is 0.700. The highest BCUT2D eigenvalue weighted by Crippen LogP contribution is 2.37. The number of para-hydroxylation sites is 1. The summed E-state index contributed by atoms with van der Waals surface area (Å²) in [6, 6.07) is 11.9. The van der Waals surface area contributed by atoms with Crippen molar-refractivity contribution in [2.75, 3.05) is 20.8 Å². The van der Waals surface area contributed by atoms with E-state index in [1.807, 2.05) is 30.3 Å². The first-order chi connectivity index (χ1) is 12.2. The zero-order valence-electron chi connectivity index (χ0n) is 14.6. The number of aryl methyl sites for hydroxylation is 1. The molecule has 0 saturated carbocycles. The van der Waals surface area contributed by atoms with Crippen LogP contribution in [0.15, 0.2) is 36.4 Å². The molecule has 0 aliphatic rings. The van der Waals surface area contributed by atoms with Crippen LogP contribution < -0.4 is 15.2 Å². The summed E-state index contributed by atoms with van der Waals surface area (Å²) in [5.41, 5.74) is 9.95. The average Bonchev–Trinajstić information content (AvgIpc) is 3.01. The second-order valence-electron chi connectivity index (χ2n) is 5.99. The first-order valence-electron chi connectivity index (χ1n) is 8.40. The molecule has 0 aliphatic carbocycles. The van der Waals surface area contributed by atoms with Gasteiger partial charge in [0.05, 0.1) is 24.8 Å². The lowest BCUT2D eigenvalue weighted by atomic mass is 10.00. The molecule has 0 aliphatic heterocycles. The first-order valence-corrected chi connectivity index (χ1v) is 8.78. The van der Waals surface area contributed by atoms with Crippen LogP contribution in [-0.2, 0) is 6.42 Å². The van der Waals surface area contributed by atoms with Crippen molar-refractivity contribution in [3.63, 3.8) is 0 Å². The van der Waals surface area contributed by atoms with Crippen LogP contribution in [0.4, 0.5) is 0 Å². The highest BCUT2D eigenvalue weighted by molar-refractivity contribution is 6.35. The first kappa shape index (κ1) is 17.6. The quantitative estimate of drug-likeness (QED) is 0.597. The van der Waals surface area contributed by atoms with Crippen molar-refractivity contribution in [2.45, 2.75) is 19.3 Å². The van der Waals surface area contributed by atoms with Crippen LogP contribution in [0.2, 0.25) is 5.02 Å². The van der Waals surface area contributed by atoms with Crippen molar-refractivity contribution < 1.29 is 9.47 Å². The maximum Gasteiger partial charge on any atom is 0.123 e. The van der Waals surface area contributed by atoms with Crippen molar-refractivity contribution in [3.8, 4) is 22.8 Å². The summed E-state index contributed by atoms with van der Waals surface area (Å²) < 4.78 is 10.8. The zero-order chi connectivity index (χ0) is 17.8. The van der Waals surface area contributed by atoms with Gasteiger partial charge in [0.25, 0.3) is 0 Å². The van der Waals surface area contributed by atoms with Crippen molar-refractivity contribution >= 4 is 22.5 Å². The Hall–Kier alpha value is -2.17. The van der Waals surface area contributed by atoms with Gasteiger partial charge in [0.15, 0.2) is 0 Å². The molecule has 1 heterocycles. The molecule has 1 aromatic heterocycles. The molecule has 0 spiro atoms. The largest absolute Gasteiger partial charge is 0.497 e. The predicted molar refractivity (Wildman–Crippen MR) is 104 cm³/mol. The van der Waals surface area contributed by atoms with Gasteiger partial charge in [-0.25, -0.2) is 0 Å². The van der Waals surface area contributed by atoms with E-state index in [1.165, 1.54) is 5.56 Å². The number of aromatic nitrogens is 1. The van der Waals surface area contributed by atoms with E-state index in [9.17, 15) is 0 Å². The van der Waals surface area contributed by atoms with E-state index < -0.39 is 0 Å². The van der Waals surface area contributed by atoms with Crippen molar-refractivity contribution in [1.29, 1.82) is 0 Å². The monoisotopic (exact) mass is 358 g/mol. The number of hydrogen-bond acceptors (Lipinski definition) is 3. The molecule has 0 fully saturated rings. The number of aromatic amines is 1. The van der Waals surface area contributed by atoms with Crippen LogP contribution >= 0.6 is 11.6 Å². The lowest BCUT2D eigenvalue weighted by molar-refractivity contribution is 0.394. The fourth-order valence-corrected chi connectivity index (χ4v) is 3.36. The zero-order valence-corrected chi connectivity index (χ0v) is 15.3. The van der Waals surface area contributed by atoms with E-state index in [0.717, 1.165) is 57.9 Å². The molecule has 0 radical (unpaired) electrons. The normalized spacial score (nSPS) is 11.0. The van der Waals surface area contributed by atoms with E-state index in [4.69, 9.17) is 26.8 Å². The Morgan fingerprint density at radius 3 is 2.40 bits per heavy atom. The third-order valence-electron chi connectivity index (χ3n) is 4.41. The maximum atomic E-state index is 6.41. The Labute approximate surface area is 152 Å². The summed E-state index contributed by atoms with van der Waals surface area (Å²) in [6.45, 7) is 0.700. The van der Waals surface area contributed by atoms with Gasteiger partial charge < -0.3 is 20.2 Å². The lowest BCUT2D eigenvalue weighted by Crippen LogP contribution is -1.99. The van der Waals surface area contributed by atoms with E-state index in [1.54, 1.807) is 14.2 Å². The van der Waals surface area contributed by atoms with Gasteiger partial charge in [0, 0.05) is 22.7 Å². The van der Waals surface area contributed by atoms with Crippen molar-refractivity contribution in [3.05, 3.63) is 47.0 Å². The molecule has 4 nitrogen and oxygen atoms in total. The molecule has 25 heavy (non-hydrogen) atoms. The Bertz CT molecular complexity index is 851. The molecule has 0 atom stereocenters. The minimum atomic E-state index is 0.700. The van der Waals surface area contributed by atoms with Crippen LogP contribution in [0.25, 0.3) is 22.2 Å². The topological polar surface area (TPSA) is 60.3 Å². The minimum Gasteiger partial charge on any atom is -0.497 e. The lowest BCUT2D eigenvalue weighted by Gasteiger charge is -2.10. The molecule has 3 aromatic rings. The smallest absolute Gasteiger partial charge is 0.123 e. The van der Waals surface area contributed by atoms with Crippen LogP contribution in [0.5, 0.6) is 11.5 Å². The molecular weight excluding hydrogens is 336 g/mol. The fraction of sp³-hybridized carbons (Fsp3) is 0.300. The third kappa shape index (κ3) is 3.60. The van der Waals surface area contributed by atoms with Gasteiger partial charge in [-0.05, 0) is 49.6 Å². The summed E-state index contributed by atoms with van der Waals surface area (Å²) in [5, 5.41) is 1.87. The average molecular weight is 359 g/mol. The van der Waals surface area contributed by atoms with Crippen LogP contribution in [0.1, 0.15) is 18.4 Å². The number of rotatable bonds is 7.